The number of pyridine rings is 1. The third-order valence-corrected chi connectivity index (χ3v) is 2.73. The van der Waals surface area contributed by atoms with Crippen molar-refractivity contribution >= 4 is 11.5 Å². The van der Waals surface area contributed by atoms with Crippen molar-refractivity contribution in [2.24, 2.45) is 0 Å². The smallest absolute Gasteiger partial charge is 0.364 e. The summed E-state index contributed by atoms with van der Waals surface area (Å²) in [7, 11) is 0. The molecule has 0 saturated carbocycles. The Balaban J connectivity index is 2.62. The fourth-order valence-corrected chi connectivity index (χ4v) is 1.71. The third-order valence-electron chi connectivity index (χ3n) is 2.73. The van der Waals surface area contributed by atoms with Crippen LogP contribution in [-0.4, -0.2) is 19.9 Å². The Morgan fingerprint density at radius 1 is 1.10 bits per heavy atom. The second-order valence-corrected chi connectivity index (χ2v) is 4.05. The maximum absolute atomic E-state index is 10.9. The van der Waals surface area contributed by atoms with Crippen LogP contribution < -0.4 is 0 Å². The highest BCUT2D eigenvalue weighted by Crippen LogP contribution is 2.32. The molecule has 8 heteroatoms. The van der Waals surface area contributed by atoms with E-state index in [1.54, 1.807) is 6.92 Å². The van der Waals surface area contributed by atoms with Gasteiger partial charge < -0.3 is 15.2 Å². The predicted molar refractivity (Wildman–Crippen MR) is 69.4 cm³/mol. The van der Waals surface area contributed by atoms with Gasteiger partial charge in [0.05, 0.1) is 4.92 Å². The molecule has 0 spiro atoms. The number of nitro benzene ring substituents is 1. The molecule has 1 N–H and O–H groups in total. The summed E-state index contributed by atoms with van der Waals surface area (Å²) < 4.78 is 0. The number of hydrogen-bond donors (Lipinski definition) is 1. The van der Waals surface area contributed by atoms with Crippen molar-refractivity contribution in [3.8, 4) is 17.0 Å². The van der Waals surface area contributed by atoms with E-state index in [0.29, 0.717) is 5.56 Å². The van der Waals surface area contributed by atoms with E-state index in [1.807, 2.05) is 0 Å². The van der Waals surface area contributed by atoms with E-state index < -0.39 is 15.7 Å². The Kier molecular flexibility index (Phi) is 3.30. The second kappa shape index (κ2) is 4.92. The van der Waals surface area contributed by atoms with Gasteiger partial charge in [-0.2, -0.15) is 0 Å². The first kappa shape index (κ1) is 13.4. The Hall–Kier alpha value is -3.03. The number of benzene rings is 1. The van der Waals surface area contributed by atoms with Crippen LogP contribution in [0.25, 0.3) is 11.3 Å². The quantitative estimate of drug-likeness (QED) is 0.679. The molecular weight excluding hydrogens is 266 g/mol. The monoisotopic (exact) mass is 275 g/mol. The molecule has 0 aliphatic rings. The minimum absolute atomic E-state index is 0.0673. The zero-order valence-corrected chi connectivity index (χ0v) is 10.3. The van der Waals surface area contributed by atoms with Crippen LogP contribution >= 0.6 is 0 Å². The van der Waals surface area contributed by atoms with Gasteiger partial charge in [-0.15, -0.1) is 0 Å². The average Bonchev–Trinajstić information content (AvgIpc) is 2.39. The van der Waals surface area contributed by atoms with E-state index in [2.05, 4.69) is 4.98 Å². The first-order chi connectivity index (χ1) is 9.40. The Morgan fingerprint density at radius 2 is 1.80 bits per heavy atom. The molecule has 8 nitrogen and oxygen atoms in total. The van der Waals surface area contributed by atoms with E-state index in [1.165, 1.54) is 18.2 Å². The highest BCUT2D eigenvalue weighted by molar-refractivity contribution is 5.70. The van der Waals surface area contributed by atoms with Crippen LogP contribution in [0.3, 0.4) is 0 Å². The van der Waals surface area contributed by atoms with Crippen LogP contribution in [0.15, 0.2) is 30.3 Å². The number of aromatic nitrogens is 1. The van der Waals surface area contributed by atoms with Crippen molar-refractivity contribution in [2.45, 2.75) is 6.92 Å². The molecule has 2 rings (SSSR count). The van der Waals surface area contributed by atoms with Gasteiger partial charge in [0.2, 0.25) is 5.69 Å². The summed E-state index contributed by atoms with van der Waals surface area (Å²) in [6, 6.07) is 6.41. The summed E-state index contributed by atoms with van der Waals surface area (Å²) in [6.07, 6.45) is 0. The van der Waals surface area contributed by atoms with Gasteiger partial charge in [-0.1, -0.05) is 6.07 Å². The van der Waals surface area contributed by atoms with E-state index in [9.17, 15) is 25.3 Å². The van der Waals surface area contributed by atoms with E-state index in [-0.39, 0.29) is 22.7 Å². The summed E-state index contributed by atoms with van der Waals surface area (Å²) in [6.45, 7) is 1.57. The van der Waals surface area contributed by atoms with Crippen molar-refractivity contribution in [3.05, 3.63) is 56.1 Å². The van der Waals surface area contributed by atoms with Gasteiger partial charge >= 0.3 is 5.82 Å². The maximum atomic E-state index is 10.9. The minimum atomic E-state index is -0.703. The van der Waals surface area contributed by atoms with Gasteiger partial charge in [-0.25, -0.2) is 0 Å². The van der Waals surface area contributed by atoms with E-state index in [4.69, 9.17) is 0 Å². The number of aromatic hydroxyl groups is 1. The molecule has 0 atom stereocenters. The fraction of sp³-hybridized carbons (Fsp3) is 0.0833. The highest BCUT2D eigenvalue weighted by atomic mass is 16.6. The molecule has 0 saturated heterocycles. The molecule has 1 aromatic carbocycles. The lowest BCUT2D eigenvalue weighted by Gasteiger charge is -2.02. The molecule has 0 bridgehead atoms. The maximum Gasteiger partial charge on any atom is 0.364 e. The molecule has 0 unspecified atom stereocenters. The minimum Gasteiger partial charge on any atom is -0.504 e. The second-order valence-electron chi connectivity index (χ2n) is 4.05. The SMILES string of the molecule is Cc1ccc(-c2nc([N+](=O)[O-])ccc2O)cc1[N+](=O)[O-]. The Morgan fingerprint density at radius 3 is 2.40 bits per heavy atom. The Bertz CT molecular complexity index is 714. The predicted octanol–water partition coefficient (Wildman–Crippen LogP) is 2.58. The van der Waals surface area contributed by atoms with Crippen LogP contribution in [0.2, 0.25) is 0 Å². The zero-order valence-electron chi connectivity index (χ0n) is 10.3. The molecule has 0 fully saturated rings. The third kappa shape index (κ3) is 2.39. The standard InChI is InChI=1S/C12H9N3O5/c1-7-2-3-8(6-9(7)14(17)18)12-10(16)4-5-11(13-12)15(19)20/h2-6,16H,1H3. The van der Waals surface area contributed by atoms with Crippen LogP contribution in [0.1, 0.15) is 5.56 Å². The molecular formula is C12H9N3O5. The lowest BCUT2D eigenvalue weighted by atomic mass is 10.1. The Labute approximate surface area is 112 Å². The van der Waals surface area contributed by atoms with Gasteiger partial charge in [0, 0.05) is 23.3 Å². The molecule has 2 aromatic rings. The molecule has 0 amide bonds. The number of nitro groups is 2. The largest absolute Gasteiger partial charge is 0.504 e. The molecule has 1 heterocycles. The number of hydrogen-bond acceptors (Lipinski definition) is 6. The van der Waals surface area contributed by atoms with Gasteiger partial charge in [-0.05, 0) is 29.0 Å². The van der Waals surface area contributed by atoms with Crippen LogP contribution in [0.4, 0.5) is 11.5 Å². The summed E-state index contributed by atoms with van der Waals surface area (Å²) in [5.74, 6) is -0.727. The number of rotatable bonds is 3. The molecule has 0 aliphatic carbocycles. The van der Waals surface area contributed by atoms with Gasteiger partial charge in [0.15, 0.2) is 5.75 Å². The summed E-state index contributed by atoms with van der Waals surface area (Å²) in [5, 5.41) is 31.3. The zero-order chi connectivity index (χ0) is 14.9. The normalized spacial score (nSPS) is 10.2. The lowest BCUT2D eigenvalue weighted by molar-refractivity contribution is -0.389. The first-order valence-electron chi connectivity index (χ1n) is 5.50. The van der Waals surface area contributed by atoms with Crippen LogP contribution in [0, 0.1) is 27.2 Å². The lowest BCUT2D eigenvalue weighted by Crippen LogP contribution is -1.96. The van der Waals surface area contributed by atoms with Crippen molar-refractivity contribution in [1.82, 2.24) is 4.98 Å². The van der Waals surface area contributed by atoms with Crippen LogP contribution in [0.5, 0.6) is 5.75 Å². The van der Waals surface area contributed by atoms with E-state index >= 15 is 0 Å². The average molecular weight is 275 g/mol. The van der Waals surface area contributed by atoms with Crippen molar-refractivity contribution in [3.63, 3.8) is 0 Å². The topological polar surface area (TPSA) is 119 Å². The first-order valence-corrected chi connectivity index (χ1v) is 5.50. The van der Waals surface area contributed by atoms with Crippen molar-refractivity contribution in [2.75, 3.05) is 0 Å². The molecule has 1 aromatic heterocycles. The summed E-state index contributed by atoms with van der Waals surface area (Å²) in [5.41, 5.74) is 0.477. The highest BCUT2D eigenvalue weighted by Gasteiger charge is 2.20. The van der Waals surface area contributed by atoms with Gasteiger partial charge in [-0.3, -0.25) is 10.1 Å². The van der Waals surface area contributed by atoms with Crippen LogP contribution in [-0.2, 0) is 0 Å². The summed E-state index contributed by atoms with van der Waals surface area (Å²) in [4.78, 5) is 24.0. The molecule has 0 aliphatic heterocycles. The van der Waals surface area contributed by atoms with Crippen molar-refractivity contribution < 1.29 is 15.0 Å². The molecule has 20 heavy (non-hydrogen) atoms. The summed E-state index contributed by atoms with van der Waals surface area (Å²) >= 11 is 0. The van der Waals surface area contributed by atoms with Gasteiger partial charge in [0.1, 0.15) is 0 Å². The molecule has 0 radical (unpaired) electrons. The number of aryl methyl sites for hydroxylation is 1. The fourth-order valence-electron chi connectivity index (χ4n) is 1.71. The number of nitrogens with zero attached hydrogens (tertiary/aromatic N) is 3. The van der Waals surface area contributed by atoms with E-state index in [0.717, 1.165) is 12.1 Å². The van der Waals surface area contributed by atoms with Gasteiger partial charge in [0.25, 0.3) is 5.69 Å². The molecule has 102 valence electrons. The van der Waals surface area contributed by atoms with Crippen molar-refractivity contribution in [1.29, 1.82) is 0 Å².